The molecule has 1 spiro atoms. The van der Waals surface area contributed by atoms with Gasteiger partial charge in [0.15, 0.2) is 0 Å². The van der Waals surface area contributed by atoms with E-state index in [0.717, 1.165) is 5.56 Å². The number of ether oxygens (including phenoxy) is 1. The minimum absolute atomic E-state index is 0.0863. The third-order valence-corrected chi connectivity index (χ3v) is 5.59. The molecule has 154 valence electrons. The van der Waals surface area contributed by atoms with Gasteiger partial charge in [-0.25, -0.2) is 0 Å². The Morgan fingerprint density at radius 2 is 2.13 bits per heavy atom. The summed E-state index contributed by atoms with van der Waals surface area (Å²) in [5, 5.41) is 11.9. The quantitative estimate of drug-likeness (QED) is 0.808. The number of hydrogen-bond donors (Lipinski definition) is 1. The van der Waals surface area contributed by atoms with E-state index in [1.165, 1.54) is 0 Å². The molecule has 0 saturated carbocycles. The van der Waals surface area contributed by atoms with Crippen LogP contribution in [0.25, 0.3) is 0 Å². The minimum Gasteiger partial charge on any atom is -0.368 e. The number of aromatic nitrogens is 1. The largest absolute Gasteiger partial charge is 0.368 e. The van der Waals surface area contributed by atoms with Gasteiger partial charge < -0.3 is 15.0 Å². The molecule has 1 atom stereocenters. The number of nitriles is 1. The molecule has 2 saturated heterocycles. The van der Waals surface area contributed by atoms with Crippen LogP contribution < -0.4 is 5.32 Å². The van der Waals surface area contributed by atoms with Gasteiger partial charge in [-0.05, 0) is 36.9 Å². The summed E-state index contributed by atoms with van der Waals surface area (Å²) in [6.07, 6.45) is 3.42. The molecule has 1 aromatic carbocycles. The Bertz CT molecular complexity index is 982. The number of hydrogen-bond acceptors (Lipinski definition) is 6. The van der Waals surface area contributed by atoms with Crippen LogP contribution in [0.2, 0.25) is 0 Å². The highest BCUT2D eigenvalue weighted by molar-refractivity contribution is 5.95. The van der Waals surface area contributed by atoms with Gasteiger partial charge in [-0.3, -0.25) is 19.5 Å². The normalized spacial score (nSPS) is 20.3. The van der Waals surface area contributed by atoms with Crippen molar-refractivity contribution in [3.05, 3.63) is 65.5 Å². The van der Waals surface area contributed by atoms with Crippen molar-refractivity contribution in [3.8, 4) is 6.07 Å². The molecule has 4 rings (SSSR count). The second kappa shape index (κ2) is 8.22. The average molecular weight is 405 g/mol. The number of likely N-dealkylation sites (N-methyl/N-ethyl adjacent to an activating group) is 1. The van der Waals surface area contributed by atoms with Crippen molar-refractivity contribution < 1.29 is 14.3 Å². The van der Waals surface area contributed by atoms with Gasteiger partial charge in [0.2, 0.25) is 5.91 Å². The van der Waals surface area contributed by atoms with E-state index in [9.17, 15) is 9.59 Å². The van der Waals surface area contributed by atoms with Crippen LogP contribution in [0.3, 0.4) is 0 Å². The SMILES string of the molecule is CN1CC2(CN(C(=O)c3cccc(C#N)c3)C2)OC[C@H]1C(=O)NCc1cccnc1. The Balaban J connectivity index is 1.30. The van der Waals surface area contributed by atoms with Gasteiger partial charge in [0.1, 0.15) is 11.6 Å². The topological polar surface area (TPSA) is 98.6 Å². The number of rotatable bonds is 4. The van der Waals surface area contributed by atoms with E-state index < -0.39 is 5.60 Å². The number of nitrogens with one attached hydrogen (secondary N) is 1. The Morgan fingerprint density at radius 1 is 1.30 bits per heavy atom. The first-order valence-electron chi connectivity index (χ1n) is 9.80. The van der Waals surface area contributed by atoms with Gasteiger partial charge in [0.25, 0.3) is 5.91 Å². The summed E-state index contributed by atoms with van der Waals surface area (Å²) in [6.45, 7) is 2.21. The van der Waals surface area contributed by atoms with Gasteiger partial charge in [0, 0.05) is 31.0 Å². The van der Waals surface area contributed by atoms with Crippen LogP contribution in [0.1, 0.15) is 21.5 Å². The molecule has 1 aromatic heterocycles. The fraction of sp³-hybridized carbons (Fsp3) is 0.364. The number of likely N-dealkylation sites (tertiary alicyclic amines) is 1. The molecule has 0 radical (unpaired) electrons. The molecular weight excluding hydrogens is 382 g/mol. The fourth-order valence-corrected chi connectivity index (χ4v) is 3.97. The summed E-state index contributed by atoms with van der Waals surface area (Å²) >= 11 is 0. The zero-order chi connectivity index (χ0) is 21.1. The van der Waals surface area contributed by atoms with Crippen molar-refractivity contribution >= 4 is 11.8 Å². The molecule has 2 aromatic rings. The lowest BCUT2D eigenvalue weighted by atomic mass is 9.90. The van der Waals surface area contributed by atoms with E-state index >= 15 is 0 Å². The van der Waals surface area contributed by atoms with Crippen LogP contribution in [0, 0.1) is 11.3 Å². The minimum atomic E-state index is -0.447. The second-order valence-corrected chi connectivity index (χ2v) is 7.86. The van der Waals surface area contributed by atoms with E-state index in [-0.39, 0.29) is 24.5 Å². The number of morpholine rings is 1. The number of benzene rings is 1. The first-order chi connectivity index (χ1) is 14.5. The molecule has 2 amide bonds. The van der Waals surface area contributed by atoms with Gasteiger partial charge in [0.05, 0.1) is 31.3 Å². The summed E-state index contributed by atoms with van der Waals surface area (Å²) in [7, 11) is 1.90. The van der Waals surface area contributed by atoms with E-state index in [2.05, 4.69) is 16.4 Å². The Hall–Kier alpha value is -3.28. The Kier molecular flexibility index (Phi) is 5.48. The van der Waals surface area contributed by atoms with Crippen molar-refractivity contribution in [2.45, 2.75) is 18.2 Å². The third kappa shape index (κ3) is 4.03. The van der Waals surface area contributed by atoms with Crippen LogP contribution in [0.5, 0.6) is 0 Å². The molecule has 8 nitrogen and oxygen atoms in total. The van der Waals surface area contributed by atoms with Crippen molar-refractivity contribution in [2.75, 3.05) is 33.3 Å². The highest BCUT2D eigenvalue weighted by Gasteiger charge is 2.51. The first kappa shape index (κ1) is 20.0. The van der Waals surface area contributed by atoms with Crippen molar-refractivity contribution in [3.63, 3.8) is 0 Å². The van der Waals surface area contributed by atoms with Crippen LogP contribution >= 0.6 is 0 Å². The number of amides is 2. The zero-order valence-corrected chi connectivity index (χ0v) is 16.7. The van der Waals surface area contributed by atoms with Crippen molar-refractivity contribution in [2.24, 2.45) is 0 Å². The highest BCUT2D eigenvalue weighted by Crippen LogP contribution is 2.31. The van der Waals surface area contributed by atoms with Crippen LogP contribution in [0.15, 0.2) is 48.8 Å². The summed E-state index contributed by atoms with van der Waals surface area (Å²) in [4.78, 5) is 33.0. The van der Waals surface area contributed by atoms with E-state index in [1.807, 2.05) is 24.1 Å². The number of nitrogens with zero attached hydrogens (tertiary/aromatic N) is 4. The lowest BCUT2D eigenvalue weighted by molar-refractivity contribution is -0.187. The molecule has 30 heavy (non-hydrogen) atoms. The molecule has 2 fully saturated rings. The first-order valence-corrected chi connectivity index (χ1v) is 9.80. The van der Waals surface area contributed by atoms with Gasteiger partial charge in [-0.2, -0.15) is 5.26 Å². The van der Waals surface area contributed by atoms with E-state index in [0.29, 0.717) is 37.3 Å². The Morgan fingerprint density at radius 3 is 2.83 bits per heavy atom. The predicted octanol–water partition coefficient (Wildman–Crippen LogP) is 0.795. The Labute approximate surface area is 175 Å². The summed E-state index contributed by atoms with van der Waals surface area (Å²) in [6, 6.07) is 12.1. The van der Waals surface area contributed by atoms with Crippen LogP contribution in [-0.2, 0) is 16.1 Å². The number of carbonyl (C=O) groups excluding carboxylic acids is 2. The van der Waals surface area contributed by atoms with Gasteiger partial charge in [-0.15, -0.1) is 0 Å². The molecule has 1 N–H and O–H groups in total. The summed E-state index contributed by atoms with van der Waals surface area (Å²) in [5.41, 5.74) is 1.46. The maximum atomic E-state index is 12.7. The molecule has 8 heteroatoms. The predicted molar refractivity (Wildman–Crippen MR) is 108 cm³/mol. The maximum absolute atomic E-state index is 12.7. The van der Waals surface area contributed by atoms with Crippen molar-refractivity contribution in [1.29, 1.82) is 5.26 Å². The van der Waals surface area contributed by atoms with E-state index in [4.69, 9.17) is 10.00 Å². The van der Waals surface area contributed by atoms with Crippen LogP contribution in [-0.4, -0.2) is 71.5 Å². The summed E-state index contributed by atoms with van der Waals surface area (Å²) in [5.74, 6) is -0.197. The maximum Gasteiger partial charge on any atom is 0.254 e. The van der Waals surface area contributed by atoms with Gasteiger partial charge >= 0.3 is 0 Å². The molecular formula is C22H23N5O3. The summed E-state index contributed by atoms with van der Waals surface area (Å²) < 4.78 is 6.06. The molecule has 2 aliphatic heterocycles. The molecule has 0 aliphatic carbocycles. The fourth-order valence-electron chi connectivity index (χ4n) is 3.97. The van der Waals surface area contributed by atoms with E-state index in [1.54, 1.807) is 41.6 Å². The lowest BCUT2D eigenvalue weighted by Gasteiger charge is -2.54. The molecule has 0 unspecified atom stereocenters. The molecule has 0 bridgehead atoms. The van der Waals surface area contributed by atoms with Gasteiger partial charge in [-0.1, -0.05) is 12.1 Å². The zero-order valence-electron chi connectivity index (χ0n) is 16.7. The average Bonchev–Trinajstić information content (AvgIpc) is 2.76. The van der Waals surface area contributed by atoms with Crippen molar-refractivity contribution in [1.82, 2.24) is 20.1 Å². The second-order valence-electron chi connectivity index (χ2n) is 7.86. The van der Waals surface area contributed by atoms with Crippen LogP contribution in [0.4, 0.5) is 0 Å². The smallest absolute Gasteiger partial charge is 0.254 e. The standard InChI is InChI=1S/C22H23N5O3/c1-26-13-22(14-27(15-22)21(29)18-6-2-4-16(8-18)9-23)30-12-19(26)20(28)25-11-17-5-3-7-24-10-17/h2-8,10,19H,11-15H2,1H3,(H,25,28)/t19-/m0/s1. The highest BCUT2D eigenvalue weighted by atomic mass is 16.5. The molecule has 3 heterocycles. The monoisotopic (exact) mass is 405 g/mol. The molecule has 2 aliphatic rings. The number of pyridine rings is 1. The third-order valence-electron chi connectivity index (χ3n) is 5.59. The lowest BCUT2D eigenvalue weighted by Crippen LogP contribution is -2.73. The number of carbonyl (C=O) groups is 2.